The number of para-hydroxylation sites is 2. The number of hydrogen-bond donors (Lipinski definition) is 1. The topological polar surface area (TPSA) is 37.8 Å². The molecule has 2 aromatic rings. The van der Waals surface area contributed by atoms with Gasteiger partial charge in [-0.1, -0.05) is 19.1 Å². The Morgan fingerprint density at radius 1 is 1.24 bits per heavy atom. The predicted octanol–water partition coefficient (Wildman–Crippen LogP) is 2.52. The van der Waals surface area contributed by atoms with Gasteiger partial charge in [-0.15, -0.1) is 0 Å². The van der Waals surface area contributed by atoms with Gasteiger partial charge in [0.05, 0.1) is 22.9 Å². The fourth-order valence-corrected chi connectivity index (χ4v) is 2.40. The van der Waals surface area contributed by atoms with Gasteiger partial charge in [0, 0.05) is 12.6 Å². The predicted molar refractivity (Wildman–Crippen MR) is 68.6 cm³/mol. The van der Waals surface area contributed by atoms with Gasteiger partial charge in [-0.3, -0.25) is 4.98 Å². The average Bonchev–Trinajstić information content (AvgIpc) is 2.33. The van der Waals surface area contributed by atoms with Crippen molar-refractivity contribution in [2.45, 2.75) is 32.4 Å². The maximum absolute atomic E-state index is 4.60. The van der Waals surface area contributed by atoms with E-state index in [1.807, 2.05) is 30.5 Å². The maximum Gasteiger partial charge on any atom is 0.0890 e. The van der Waals surface area contributed by atoms with Gasteiger partial charge >= 0.3 is 0 Å². The minimum absolute atomic E-state index is 0.679. The van der Waals surface area contributed by atoms with E-state index >= 15 is 0 Å². The van der Waals surface area contributed by atoms with Crippen molar-refractivity contribution in [3.63, 3.8) is 0 Å². The third-order valence-corrected chi connectivity index (χ3v) is 3.44. The van der Waals surface area contributed by atoms with E-state index in [1.165, 1.54) is 12.8 Å². The fourth-order valence-electron chi connectivity index (χ4n) is 2.40. The van der Waals surface area contributed by atoms with Crippen molar-refractivity contribution in [1.29, 1.82) is 0 Å². The molecule has 3 nitrogen and oxygen atoms in total. The molecule has 1 heterocycles. The van der Waals surface area contributed by atoms with E-state index in [-0.39, 0.29) is 0 Å². The molecule has 0 amide bonds. The molecule has 0 unspecified atom stereocenters. The Kier molecular flexibility index (Phi) is 2.77. The van der Waals surface area contributed by atoms with Crippen molar-refractivity contribution in [3.05, 3.63) is 36.2 Å². The highest BCUT2D eigenvalue weighted by Crippen LogP contribution is 2.26. The second-order valence-electron chi connectivity index (χ2n) is 5.00. The number of hydrogen-bond acceptors (Lipinski definition) is 3. The van der Waals surface area contributed by atoms with Gasteiger partial charge in [0.25, 0.3) is 0 Å². The quantitative estimate of drug-likeness (QED) is 0.875. The van der Waals surface area contributed by atoms with Crippen molar-refractivity contribution in [1.82, 2.24) is 15.3 Å². The van der Waals surface area contributed by atoms with Crippen LogP contribution in [0.5, 0.6) is 0 Å². The first-order valence-electron chi connectivity index (χ1n) is 6.25. The van der Waals surface area contributed by atoms with Crippen LogP contribution in [0, 0.1) is 5.92 Å². The van der Waals surface area contributed by atoms with Crippen LogP contribution >= 0.6 is 0 Å². The zero-order valence-electron chi connectivity index (χ0n) is 10.1. The number of nitrogens with zero attached hydrogens (tertiary/aromatic N) is 2. The molecule has 1 saturated carbocycles. The molecular weight excluding hydrogens is 210 g/mol. The van der Waals surface area contributed by atoms with Crippen LogP contribution in [0.4, 0.5) is 0 Å². The molecule has 3 heteroatoms. The number of fused-ring (bicyclic) bond motifs is 1. The van der Waals surface area contributed by atoms with Crippen LogP contribution in [0.25, 0.3) is 11.0 Å². The molecule has 0 saturated heterocycles. The SMILES string of the molecule is CC1CC(NCc2cnc3ccccc3n2)C1. The normalized spacial score (nSPS) is 23.6. The second kappa shape index (κ2) is 4.41. The van der Waals surface area contributed by atoms with Gasteiger partial charge in [-0.25, -0.2) is 4.98 Å². The van der Waals surface area contributed by atoms with E-state index in [2.05, 4.69) is 22.2 Å². The van der Waals surface area contributed by atoms with Crippen molar-refractivity contribution in [3.8, 4) is 0 Å². The van der Waals surface area contributed by atoms with Gasteiger partial charge in [0.1, 0.15) is 0 Å². The molecule has 0 aliphatic heterocycles. The Labute approximate surface area is 101 Å². The summed E-state index contributed by atoms with van der Waals surface area (Å²) in [5.41, 5.74) is 2.98. The first kappa shape index (κ1) is 10.7. The fraction of sp³-hybridized carbons (Fsp3) is 0.429. The molecule has 1 aromatic carbocycles. The van der Waals surface area contributed by atoms with Crippen molar-refractivity contribution < 1.29 is 0 Å². The molecule has 0 bridgehead atoms. The molecule has 0 atom stereocenters. The molecule has 88 valence electrons. The first-order valence-corrected chi connectivity index (χ1v) is 6.25. The lowest BCUT2D eigenvalue weighted by atomic mass is 9.82. The molecular formula is C14H17N3. The van der Waals surface area contributed by atoms with Crippen LogP contribution in [0.3, 0.4) is 0 Å². The summed E-state index contributed by atoms with van der Waals surface area (Å²) >= 11 is 0. The summed E-state index contributed by atoms with van der Waals surface area (Å²) in [7, 11) is 0. The molecule has 3 rings (SSSR count). The third-order valence-electron chi connectivity index (χ3n) is 3.44. The van der Waals surface area contributed by atoms with Gasteiger partial charge in [-0.2, -0.15) is 0 Å². The number of rotatable bonds is 3. The Balaban J connectivity index is 1.68. The Bertz CT molecular complexity index is 518. The van der Waals surface area contributed by atoms with Crippen LogP contribution in [0.15, 0.2) is 30.5 Å². The zero-order valence-corrected chi connectivity index (χ0v) is 10.1. The van der Waals surface area contributed by atoms with Crippen LogP contribution < -0.4 is 5.32 Å². The minimum Gasteiger partial charge on any atom is -0.308 e. The largest absolute Gasteiger partial charge is 0.308 e. The summed E-state index contributed by atoms with van der Waals surface area (Å²) in [5.74, 6) is 0.884. The number of aromatic nitrogens is 2. The standard InChI is InChI=1S/C14H17N3/c1-10-6-11(7-10)15-8-12-9-16-13-4-2-3-5-14(13)17-12/h2-5,9-11,15H,6-8H2,1H3. The first-order chi connectivity index (χ1) is 8.31. The highest BCUT2D eigenvalue weighted by molar-refractivity contribution is 5.73. The summed E-state index contributed by atoms with van der Waals surface area (Å²) < 4.78 is 0. The molecule has 17 heavy (non-hydrogen) atoms. The van der Waals surface area contributed by atoms with Crippen LogP contribution in [-0.2, 0) is 6.54 Å². The zero-order chi connectivity index (χ0) is 11.7. The third kappa shape index (κ3) is 2.29. The lowest BCUT2D eigenvalue weighted by Gasteiger charge is -2.33. The van der Waals surface area contributed by atoms with Gasteiger partial charge in [0.2, 0.25) is 0 Å². The monoisotopic (exact) mass is 227 g/mol. The van der Waals surface area contributed by atoms with Gasteiger partial charge < -0.3 is 5.32 Å². The maximum atomic E-state index is 4.60. The smallest absolute Gasteiger partial charge is 0.0890 e. The molecule has 0 radical (unpaired) electrons. The molecule has 1 aromatic heterocycles. The van der Waals surface area contributed by atoms with Gasteiger partial charge in [0.15, 0.2) is 0 Å². The lowest BCUT2D eigenvalue weighted by molar-refractivity contribution is 0.239. The Hall–Kier alpha value is -1.48. The molecule has 0 spiro atoms. The van der Waals surface area contributed by atoms with Crippen LogP contribution in [-0.4, -0.2) is 16.0 Å². The van der Waals surface area contributed by atoms with Crippen LogP contribution in [0.2, 0.25) is 0 Å². The second-order valence-corrected chi connectivity index (χ2v) is 5.00. The summed E-state index contributed by atoms with van der Waals surface area (Å²) in [6, 6.07) is 8.68. The van der Waals surface area contributed by atoms with E-state index in [0.29, 0.717) is 6.04 Å². The lowest BCUT2D eigenvalue weighted by Crippen LogP contribution is -2.39. The Morgan fingerprint density at radius 2 is 2.00 bits per heavy atom. The summed E-state index contributed by atoms with van der Waals surface area (Å²) in [6.45, 7) is 3.13. The van der Waals surface area contributed by atoms with E-state index in [0.717, 1.165) is 29.2 Å². The van der Waals surface area contributed by atoms with Crippen molar-refractivity contribution in [2.24, 2.45) is 5.92 Å². The van der Waals surface area contributed by atoms with Crippen molar-refractivity contribution in [2.75, 3.05) is 0 Å². The molecule has 1 aliphatic carbocycles. The van der Waals surface area contributed by atoms with Gasteiger partial charge in [-0.05, 0) is 30.9 Å². The summed E-state index contributed by atoms with van der Waals surface area (Å²) in [5, 5.41) is 3.53. The van der Waals surface area contributed by atoms with E-state index in [4.69, 9.17) is 0 Å². The molecule has 1 N–H and O–H groups in total. The molecule has 1 aliphatic rings. The Morgan fingerprint density at radius 3 is 2.76 bits per heavy atom. The van der Waals surface area contributed by atoms with E-state index < -0.39 is 0 Å². The highest BCUT2D eigenvalue weighted by Gasteiger charge is 2.24. The minimum atomic E-state index is 0.679. The number of nitrogens with one attached hydrogen (secondary N) is 1. The highest BCUT2D eigenvalue weighted by atomic mass is 15.0. The van der Waals surface area contributed by atoms with E-state index in [9.17, 15) is 0 Å². The molecule has 1 fully saturated rings. The summed E-state index contributed by atoms with van der Waals surface area (Å²) in [6.07, 6.45) is 4.46. The van der Waals surface area contributed by atoms with E-state index in [1.54, 1.807) is 0 Å². The van der Waals surface area contributed by atoms with Crippen LogP contribution in [0.1, 0.15) is 25.5 Å². The van der Waals surface area contributed by atoms with Crippen molar-refractivity contribution >= 4 is 11.0 Å². The average molecular weight is 227 g/mol. The number of benzene rings is 1. The summed E-state index contributed by atoms with van der Waals surface area (Å²) in [4.78, 5) is 9.01.